The number of amides is 1. The zero-order valence-electron chi connectivity index (χ0n) is 11.2. The van der Waals surface area contributed by atoms with Crippen LogP contribution in [0.25, 0.3) is 0 Å². The molecule has 0 spiro atoms. The van der Waals surface area contributed by atoms with Crippen LogP contribution < -0.4 is 5.73 Å². The fourth-order valence-corrected chi connectivity index (χ4v) is 2.55. The lowest BCUT2D eigenvalue weighted by molar-refractivity contribution is -0.127. The first-order chi connectivity index (χ1) is 7.29. The molecule has 2 N–H and O–H groups in total. The van der Waals surface area contributed by atoms with E-state index in [9.17, 15) is 4.79 Å². The first-order valence-corrected chi connectivity index (χ1v) is 6.95. The van der Waals surface area contributed by atoms with Crippen molar-refractivity contribution in [3.63, 3.8) is 0 Å². The van der Waals surface area contributed by atoms with Crippen LogP contribution in [0.1, 0.15) is 34.1 Å². The van der Waals surface area contributed by atoms with Gasteiger partial charge in [0.15, 0.2) is 0 Å². The van der Waals surface area contributed by atoms with E-state index in [-0.39, 0.29) is 29.1 Å². The van der Waals surface area contributed by atoms with Crippen molar-refractivity contribution in [3.05, 3.63) is 0 Å². The SMILES string of the molecule is CC(N)C1CCN(C(=O)CSC(C)(C)C)C1.Cl. The summed E-state index contributed by atoms with van der Waals surface area (Å²) in [5.41, 5.74) is 5.86. The number of likely N-dealkylation sites (tertiary alicyclic amines) is 1. The molecular weight excluding hydrogens is 256 g/mol. The van der Waals surface area contributed by atoms with Crippen LogP contribution in [0.2, 0.25) is 0 Å². The lowest BCUT2D eigenvalue weighted by Crippen LogP contribution is -2.34. The average molecular weight is 281 g/mol. The summed E-state index contributed by atoms with van der Waals surface area (Å²) in [7, 11) is 0. The van der Waals surface area contributed by atoms with Gasteiger partial charge in [0, 0.05) is 23.9 Å². The Hall–Kier alpha value is 0.0700. The molecule has 0 aromatic heterocycles. The van der Waals surface area contributed by atoms with Gasteiger partial charge >= 0.3 is 0 Å². The Labute approximate surface area is 115 Å². The van der Waals surface area contributed by atoms with E-state index >= 15 is 0 Å². The standard InChI is InChI=1S/C12H24N2OS.ClH/c1-9(13)10-5-6-14(7-10)11(15)8-16-12(2,3)4;/h9-10H,5-8,13H2,1-4H3;1H. The van der Waals surface area contributed by atoms with E-state index in [1.54, 1.807) is 11.8 Å². The van der Waals surface area contributed by atoms with E-state index in [0.29, 0.717) is 11.7 Å². The van der Waals surface area contributed by atoms with Crippen molar-refractivity contribution in [1.29, 1.82) is 0 Å². The van der Waals surface area contributed by atoms with Gasteiger partial charge in [-0.05, 0) is 19.3 Å². The van der Waals surface area contributed by atoms with Crippen LogP contribution in [0.15, 0.2) is 0 Å². The minimum Gasteiger partial charge on any atom is -0.342 e. The zero-order valence-corrected chi connectivity index (χ0v) is 12.9. The molecule has 5 heteroatoms. The average Bonchev–Trinajstić information content (AvgIpc) is 2.61. The van der Waals surface area contributed by atoms with Crippen LogP contribution >= 0.6 is 24.2 Å². The summed E-state index contributed by atoms with van der Waals surface area (Å²) in [5, 5.41) is 0. The molecule has 0 aromatic carbocycles. The molecule has 1 aliphatic rings. The highest BCUT2D eigenvalue weighted by molar-refractivity contribution is 8.01. The quantitative estimate of drug-likeness (QED) is 0.862. The Kier molecular flexibility index (Phi) is 6.89. The molecule has 1 fully saturated rings. The molecule has 2 atom stereocenters. The van der Waals surface area contributed by atoms with Gasteiger partial charge in [0.05, 0.1) is 5.75 Å². The molecule has 1 heterocycles. The van der Waals surface area contributed by atoms with E-state index in [1.807, 2.05) is 11.8 Å². The Morgan fingerprint density at radius 1 is 1.53 bits per heavy atom. The summed E-state index contributed by atoms with van der Waals surface area (Å²) in [6.07, 6.45) is 1.06. The summed E-state index contributed by atoms with van der Waals surface area (Å²) in [6.45, 7) is 10.2. The Morgan fingerprint density at radius 3 is 2.53 bits per heavy atom. The summed E-state index contributed by atoms with van der Waals surface area (Å²) >= 11 is 1.72. The Bertz CT molecular complexity index is 253. The van der Waals surface area contributed by atoms with Crippen LogP contribution in [0.3, 0.4) is 0 Å². The van der Waals surface area contributed by atoms with Crippen LogP contribution in [-0.4, -0.2) is 40.4 Å². The third-order valence-corrected chi connectivity index (χ3v) is 4.21. The smallest absolute Gasteiger partial charge is 0.232 e. The van der Waals surface area contributed by atoms with E-state index < -0.39 is 0 Å². The first kappa shape index (κ1) is 17.1. The molecule has 2 unspecified atom stereocenters. The summed E-state index contributed by atoms with van der Waals surface area (Å²) < 4.78 is 0.163. The number of hydrogen-bond acceptors (Lipinski definition) is 3. The zero-order chi connectivity index (χ0) is 12.3. The molecule has 1 amide bonds. The number of nitrogens with zero attached hydrogens (tertiary/aromatic N) is 1. The molecule has 0 aliphatic carbocycles. The number of halogens is 1. The highest BCUT2D eigenvalue weighted by atomic mass is 35.5. The minimum atomic E-state index is 0. The minimum absolute atomic E-state index is 0. The number of carbonyl (C=O) groups excluding carboxylic acids is 1. The van der Waals surface area contributed by atoms with Crippen molar-refractivity contribution in [2.75, 3.05) is 18.8 Å². The molecule has 3 nitrogen and oxygen atoms in total. The van der Waals surface area contributed by atoms with Crippen LogP contribution in [0.5, 0.6) is 0 Å². The van der Waals surface area contributed by atoms with Crippen molar-refractivity contribution in [2.45, 2.75) is 44.9 Å². The van der Waals surface area contributed by atoms with Crippen LogP contribution in [-0.2, 0) is 4.79 Å². The normalized spacial score (nSPS) is 22.2. The highest BCUT2D eigenvalue weighted by Crippen LogP contribution is 2.25. The van der Waals surface area contributed by atoms with Crippen molar-refractivity contribution in [3.8, 4) is 0 Å². The molecular formula is C12H25ClN2OS. The van der Waals surface area contributed by atoms with Gasteiger partial charge < -0.3 is 10.6 Å². The monoisotopic (exact) mass is 280 g/mol. The molecule has 1 rings (SSSR count). The lowest BCUT2D eigenvalue weighted by Gasteiger charge is -2.21. The molecule has 1 aliphatic heterocycles. The number of thioether (sulfide) groups is 1. The van der Waals surface area contributed by atoms with E-state index in [2.05, 4.69) is 20.8 Å². The van der Waals surface area contributed by atoms with Gasteiger partial charge in [0.2, 0.25) is 5.91 Å². The molecule has 0 aromatic rings. The second-order valence-electron chi connectivity index (χ2n) is 5.65. The third-order valence-electron chi connectivity index (χ3n) is 2.95. The Balaban J connectivity index is 0.00000256. The van der Waals surface area contributed by atoms with Gasteiger partial charge in [-0.1, -0.05) is 20.8 Å². The molecule has 102 valence electrons. The van der Waals surface area contributed by atoms with Gasteiger partial charge in [-0.3, -0.25) is 4.79 Å². The number of rotatable bonds is 3. The van der Waals surface area contributed by atoms with E-state index in [4.69, 9.17) is 5.73 Å². The van der Waals surface area contributed by atoms with Gasteiger partial charge in [0.25, 0.3) is 0 Å². The largest absolute Gasteiger partial charge is 0.342 e. The topological polar surface area (TPSA) is 46.3 Å². The van der Waals surface area contributed by atoms with E-state index in [1.165, 1.54) is 0 Å². The number of hydrogen-bond donors (Lipinski definition) is 1. The molecule has 0 saturated carbocycles. The summed E-state index contributed by atoms with van der Waals surface area (Å²) in [6, 6.07) is 0.202. The van der Waals surface area contributed by atoms with Gasteiger partial charge in [-0.25, -0.2) is 0 Å². The summed E-state index contributed by atoms with van der Waals surface area (Å²) in [4.78, 5) is 13.9. The van der Waals surface area contributed by atoms with Crippen molar-refractivity contribution in [1.82, 2.24) is 4.90 Å². The third kappa shape index (κ3) is 5.98. The van der Waals surface area contributed by atoms with Crippen LogP contribution in [0.4, 0.5) is 0 Å². The second-order valence-corrected chi connectivity index (χ2v) is 7.45. The van der Waals surface area contributed by atoms with Gasteiger partial charge in [0.1, 0.15) is 0 Å². The summed E-state index contributed by atoms with van der Waals surface area (Å²) in [5.74, 6) is 1.35. The predicted molar refractivity (Wildman–Crippen MR) is 77.8 cm³/mol. The fraction of sp³-hybridized carbons (Fsp3) is 0.917. The van der Waals surface area contributed by atoms with Crippen LogP contribution in [0, 0.1) is 5.92 Å². The highest BCUT2D eigenvalue weighted by Gasteiger charge is 2.28. The Morgan fingerprint density at radius 2 is 2.12 bits per heavy atom. The molecule has 1 saturated heterocycles. The van der Waals surface area contributed by atoms with Crippen molar-refractivity contribution < 1.29 is 4.79 Å². The number of nitrogens with two attached hydrogens (primary N) is 1. The molecule has 0 radical (unpaired) electrons. The first-order valence-electron chi connectivity index (χ1n) is 5.97. The van der Waals surface area contributed by atoms with Gasteiger partial charge in [-0.15, -0.1) is 24.2 Å². The molecule has 0 bridgehead atoms. The molecule has 17 heavy (non-hydrogen) atoms. The lowest BCUT2D eigenvalue weighted by atomic mass is 10.0. The number of carbonyl (C=O) groups is 1. The van der Waals surface area contributed by atoms with E-state index in [0.717, 1.165) is 19.5 Å². The second kappa shape index (κ2) is 6.86. The maximum Gasteiger partial charge on any atom is 0.232 e. The van der Waals surface area contributed by atoms with Gasteiger partial charge in [-0.2, -0.15) is 0 Å². The van der Waals surface area contributed by atoms with Crippen molar-refractivity contribution >= 4 is 30.1 Å². The maximum atomic E-state index is 11.9. The maximum absolute atomic E-state index is 11.9. The fourth-order valence-electron chi connectivity index (χ4n) is 1.81. The van der Waals surface area contributed by atoms with Crippen molar-refractivity contribution in [2.24, 2.45) is 11.7 Å². The predicted octanol–water partition coefficient (Wildman–Crippen LogP) is 2.14.